The largest absolute Gasteiger partial charge is 0.446 e. The third kappa shape index (κ3) is 1.59. The van der Waals surface area contributed by atoms with Crippen LogP contribution in [0.2, 0.25) is 0 Å². The average molecular weight is 138 g/mol. The van der Waals surface area contributed by atoms with Crippen molar-refractivity contribution in [3.63, 3.8) is 0 Å². The quantitative estimate of drug-likeness (QED) is 0.638. The van der Waals surface area contributed by atoms with Crippen molar-refractivity contribution in [2.45, 2.75) is 26.2 Å². The number of hydrogen-bond acceptors (Lipinski definition) is 2. The molecule has 1 heterocycles. The van der Waals surface area contributed by atoms with Gasteiger partial charge < -0.3 is 4.42 Å². The van der Waals surface area contributed by atoms with Crippen molar-refractivity contribution in [3.05, 3.63) is 24.8 Å². The molecular formula is C8H12NO. The normalized spacial score (nSPS) is 10.2. The lowest BCUT2D eigenvalue weighted by Gasteiger charge is -1.87. The molecule has 0 N–H and O–H groups in total. The number of rotatable bonds is 3. The second kappa shape index (κ2) is 3.40. The van der Waals surface area contributed by atoms with Gasteiger partial charge in [0, 0.05) is 12.8 Å². The molecule has 0 aliphatic rings. The Morgan fingerprint density at radius 1 is 1.70 bits per heavy atom. The second-order valence-electron chi connectivity index (χ2n) is 2.18. The van der Waals surface area contributed by atoms with E-state index in [0.29, 0.717) is 0 Å². The summed E-state index contributed by atoms with van der Waals surface area (Å²) in [6.07, 6.45) is 4.40. The van der Waals surface area contributed by atoms with Crippen LogP contribution in [-0.2, 0) is 12.8 Å². The van der Waals surface area contributed by atoms with E-state index in [1.165, 1.54) is 0 Å². The molecule has 1 rings (SSSR count). The summed E-state index contributed by atoms with van der Waals surface area (Å²) in [7, 11) is 0. The fourth-order valence-electron chi connectivity index (χ4n) is 0.778. The maximum absolute atomic E-state index is 5.32. The van der Waals surface area contributed by atoms with E-state index in [0.717, 1.165) is 30.9 Å². The number of hydrogen-bond donors (Lipinski definition) is 0. The maximum atomic E-state index is 5.32. The predicted molar refractivity (Wildman–Crippen MR) is 39.6 cm³/mol. The Bertz CT molecular complexity index is 193. The average Bonchev–Trinajstić information content (AvgIpc) is 2.37. The van der Waals surface area contributed by atoms with Gasteiger partial charge in [-0.1, -0.05) is 13.8 Å². The van der Waals surface area contributed by atoms with Gasteiger partial charge in [-0.3, -0.25) is 0 Å². The summed E-state index contributed by atoms with van der Waals surface area (Å²) in [5.74, 6) is 1.77. The highest BCUT2D eigenvalue weighted by Gasteiger charge is 1.98. The van der Waals surface area contributed by atoms with E-state index in [1.54, 1.807) is 6.20 Å². The summed E-state index contributed by atoms with van der Waals surface area (Å²) in [4.78, 5) is 4.07. The van der Waals surface area contributed by atoms with Gasteiger partial charge in [-0.2, -0.15) is 0 Å². The van der Waals surface area contributed by atoms with Gasteiger partial charge in [-0.15, -0.1) is 0 Å². The Labute approximate surface area is 61.3 Å². The van der Waals surface area contributed by atoms with Crippen LogP contribution in [0.15, 0.2) is 10.6 Å². The van der Waals surface area contributed by atoms with Gasteiger partial charge in [-0.25, -0.2) is 4.98 Å². The van der Waals surface area contributed by atoms with Crippen molar-refractivity contribution in [2.24, 2.45) is 0 Å². The van der Waals surface area contributed by atoms with Gasteiger partial charge in [0.2, 0.25) is 0 Å². The zero-order chi connectivity index (χ0) is 7.40. The van der Waals surface area contributed by atoms with Crippen molar-refractivity contribution < 1.29 is 4.42 Å². The monoisotopic (exact) mass is 138 g/mol. The van der Waals surface area contributed by atoms with Gasteiger partial charge in [0.1, 0.15) is 5.76 Å². The van der Waals surface area contributed by atoms with E-state index in [-0.39, 0.29) is 0 Å². The van der Waals surface area contributed by atoms with Gasteiger partial charge in [0.05, 0.1) is 6.20 Å². The molecule has 10 heavy (non-hydrogen) atoms. The fraction of sp³-hybridized carbons (Fsp3) is 0.500. The van der Waals surface area contributed by atoms with Gasteiger partial charge in [0.15, 0.2) is 5.89 Å². The molecule has 0 saturated carbocycles. The van der Waals surface area contributed by atoms with Gasteiger partial charge in [-0.05, 0) is 6.42 Å². The molecule has 1 radical (unpaired) electrons. The summed E-state index contributed by atoms with van der Waals surface area (Å²) < 4.78 is 5.32. The topological polar surface area (TPSA) is 26.0 Å². The molecule has 0 amide bonds. The van der Waals surface area contributed by atoms with Crippen molar-refractivity contribution in [1.82, 2.24) is 4.98 Å². The molecule has 0 aromatic carbocycles. The number of oxazole rings is 1. The van der Waals surface area contributed by atoms with Crippen LogP contribution in [0.3, 0.4) is 0 Å². The molecule has 0 fully saturated rings. The van der Waals surface area contributed by atoms with Crippen molar-refractivity contribution >= 4 is 0 Å². The summed E-state index contributed by atoms with van der Waals surface area (Å²) in [5, 5.41) is 0. The Kier molecular flexibility index (Phi) is 2.49. The molecule has 0 atom stereocenters. The first-order chi connectivity index (χ1) is 4.86. The molecule has 1 aromatic rings. The number of aryl methyl sites for hydroxylation is 2. The minimum atomic E-state index is 0.812. The Morgan fingerprint density at radius 3 is 3.00 bits per heavy atom. The van der Waals surface area contributed by atoms with Crippen LogP contribution in [0, 0.1) is 6.92 Å². The van der Waals surface area contributed by atoms with E-state index < -0.39 is 0 Å². The van der Waals surface area contributed by atoms with Crippen molar-refractivity contribution in [1.29, 1.82) is 0 Å². The SMILES string of the molecule is [CH2]CCc1ncc(CC)o1. The highest BCUT2D eigenvalue weighted by atomic mass is 16.4. The van der Waals surface area contributed by atoms with Gasteiger partial charge >= 0.3 is 0 Å². The van der Waals surface area contributed by atoms with Crippen LogP contribution in [0.25, 0.3) is 0 Å². The molecule has 2 heteroatoms. The van der Waals surface area contributed by atoms with E-state index in [1.807, 2.05) is 0 Å². The molecule has 2 nitrogen and oxygen atoms in total. The van der Waals surface area contributed by atoms with Crippen LogP contribution >= 0.6 is 0 Å². The zero-order valence-electron chi connectivity index (χ0n) is 6.26. The first-order valence-corrected chi connectivity index (χ1v) is 3.59. The zero-order valence-corrected chi connectivity index (χ0v) is 6.26. The molecule has 0 aliphatic carbocycles. The third-order valence-electron chi connectivity index (χ3n) is 1.34. The standard InChI is InChI=1S/C8H12NO/c1-3-5-8-9-6-7(4-2)10-8/h6H,1,3-5H2,2H3. The molecule has 0 unspecified atom stereocenters. The molecule has 55 valence electrons. The molecule has 0 aliphatic heterocycles. The van der Waals surface area contributed by atoms with E-state index in [2.05, 4.69) is 18.8 Å². The summed E-state index contributed by atoms with van der Waals surface area (Å²) in [6, 6.07) is 0. The summed E-state index contributed by atoms with van der Waals surface area (Å²) in [5.41, 5.74) is 0. The fourth-order valence-corrected chi connectivity index (χ4v) is 0.778. The molecule has 0 spiro atoms. The summed E-state index contributed by atoms with van der Waals surface area (Å²) >= 11 is 0. The Hall–Kier alpha value is -0.790. The molecule has 1 aromatic heterocycles. The number of nitrogens with zero attached hydrogens (tertiary/aromatic N) is 1. The smallest absolute Gasteiger partial charge is 0.194 e. The molecular weight excluding hydrogens is 126 g/mol. The summed E-state index contributed by atoms with van der Waals surface area (Å²) in [6.45, 7) is 5.77. The Balaban J connectivity index is 2.59. The van der Waals surface area contributed by atoms with Crippen LogP contribution in [0.5, 0.6) is 0 Å². The third-order valence-corrected chi connectivity index (χ3v) is 1.34. The van der Waals surface area contributed by atoms with E-state index in [9.17, 15) is 0 Å². The molecule has 0 saturated heterocycles. The Morgan fingerprint density at radius 2 is 2.50 bits per heavy atom. The second-order valence-corrected chi connectivity index (χ2v) is 2.18. The van der Waals surface area contributed by atoms with Crippen LogP contribution in [0.1, 0.15) is 25.0 Å². The lowest BCUT2D eigenvalue weighted by Crippen LogP contribution is -1.79. The highest BCUT2D eigenvalue weighted by molar-refractivity contribution is 4.93. The van der Waals surface area contributed by atoms with E-state index >= 15 is 0 Å². The number of aromatic nitrogens is 1. The maximum Gasteiger partial charge on any atom is 0.194 e. The lowest BCUT2D eigenvalue weighted by molar-refractivity contribution is 0.459. The first kappa shape index (κ1) is 7.32. The predicted octanol–water partition coefficient (Wildman–Crippen LogP) is 2.00. The highest BCUT2D eigenvalue weighted by Crippen LogP contribution is 2.05. The van der Waals surface area contributed by atoms with Gasteiger partial charge in [0.25, 0.3) is 0 Å². The van der Waals surface area contributed by atoms with E-state index in [4.69, 9.17) is 4.42 Å². The molecule has 0 bridgehead atoms. The van der Waals surface area contributed by atoms with Crippen LogP contribution in [-0.4, -0.2) is 4.98 Å². The minimum absolute atomic E-state index is 0.812. The minimum Gasteiger partial charge on any atom is -0.446 e. The van der Waals surface area contributed by atoms with Crippen molar-refractivity contribution in [2.75, 3.05) is 0 Å². The van der Waals surface area contributed by atoms with Crippen LogP contribution < -0.4 is 0 Å². The van der Waals surface area contributed by atoms with Crippen molar-refractivity contribution in [3.8, 4) is 0 Å². The lowest BCUT2D eigenvalue weighted by atomic mass is 10.3. The van der Waals surface area contributed by atoms with Crippen LogP contribution in [0.4, 0.5) is 0 Å². The first-order valence-electron chi connectivity index (χ1n) is 3.59.